The van der Waals surface area contributed by atoms with Gasteiger partial charge in [-0.1, -0.05) is 0 Å². The Morgan fingerprint density at radius 2 is 2.00 bits per heavy atom. The van der Waals surface area contributed by atoms with E-state index in [0.717, 1.165) is 0 Å². The molecule has 1 heterocycles. The maximum absolute atomic E-state index is 10.8. The minimum absolute atomic E-state index is 0.272. The number of urea groups is 1. The molecule has 14 heavy (non-hydrogen) atoms. The number of likely N-dealkylation sites (tertiary alicyclic amines) is 1. The molecule has 0 aromatic heterocycles. The second-order valence-corrected chi connectivity index (χ2v) is 4.50. The lowest BCUT2D eigenvalue weighted by atomic mass is 9.80. The number of nitrogens with zero attached hydrogens (tertiary/aromatic N) is 1. The molecule has 2 amide bonds. The van der Waals surface area contributed by atoms with E-state index in [1.54, 1.807) is 13.8 Å². The van der Waals surface area contributed by atoms with E-state index in [1.165, 1.54) is 4.90 Å². The van der Waals surface area contributed by atoms with Crippen LogP contribution in [0.2, 0.25) is 0 Å². The molecule has 0 spiro atoms. The van der Waals surface area contributed by atoms with Crippen molar-refractivity contribution in [2.45, 2.75) is 20.3 Å². The number of hydrogen-bond donors (Lipinski definition) is 2. The summed E-state index contributed by atoms with van der Waals surface area (Å²) in [6.45, 7) is 4.57. The van der Waals surface area contributed by atoms with Crippen LogP contribution in [0, 0.1) is 11.3 Å². The molecule has 0 bridgehead atoms. The summed E-state index contributed by atoms with van der Waals surface area (Å²) in [5.74, 6) is -0.524. The van der Waals surface area contributed by atoms with Crippen LogP contribution < -0.4 is 5.73 Å². The maximum atomic E-state index is 10.8. The van der Waals surface area contributed by atoms with Crippen molar-refractivity contribution in [3.05, 3.63) is 0 Å². The minimum Gasteiger partial charge on any atom is -0.481 e. The number of carbonyl (C=O) groups is 2. The number of carbonyl (C=O) groups excluding carboxylic acids is 1. The van der Waals surface area contributed by atoms with Crippen molar-refractivity contribution in [1.29, 1.82) is 0 Å². The Kier molecular flexibility index (Phi) is 2.69. The lowest BCUT2D eigenvalue weighted by Gasteiger charge is -2.40. The van der Waals surface area contributed by atoms with Gasteiger partial charge in [0.25, 0.3) is 0 Å². The van der Waals surface area contributed by atoms with Crippen LogP contribution in [-0.2, 0) is 4.79 Å². The van der Waals surface area contributed by atoms with Gasteiger partial charge in [0.1, 0.15) is 0 Å². The Bertz CT molecular complexity index is 257. The minimum atomic E-state index is -0.796. The molecule has 5 nitrogen and oxygen atoms in total. The van der Waals surface area contributed by atoms with Crippen molar-refractivity contribution in [3.8, 4) is 0 Å². The second-order valence-electron chi connectivity index (χ2n) is 4.50. The summed E-state index contributed by atoms with van der Waals surface area (Å²) in [4.78, 5) is 23.0. The normalized spacial score (nSPS) is 17.7. The topological polar surface area (TPSA) is 83.6 Å². The van der Waals surface area contributed by atoms with E-state index in [9.17, 15) is 9.59 Å². The molecule has 0 aliphatic carbocycles. The highest BCUT2D eigenvalue weighted by Crippen LogP contribution is 2.30. The van der Waals surface area contributed by atoms with Crippen LogP contribution in [0.5, 0.6) is 0 Å². The van der Waals surface area contributed by atoms with E-state index in [2.05, 4.69) is 0 Å². The zero-order valence-corrected chi connectivity index (χ0v) is 8.49. The van der Waals surface area contributed by atoms with Gasteiger partial charge in [0.15, 0.2) is 0 Å². The molecule has 1 saturated heterocycles. The van der Waals surface area contributed by atoms with E-state index in [-0.39, 0.29) is 5.92 Å². The SMILES string of the molecule is CC(C)(CC1CN(C(N)=O)C1)C(=O)O. The number of primary amides is 1. The quantitative estimate of drug-likeness (QED) is 0.695. The fourth-order valence-electron chi connectivity index (χ4n) is 1.69. The smallest absolute Gasteiger partial charge is 0.314 e. The molecule has 1 rings (SSSR count). The summed E-state index contributed by atoms with van der Waals surface area (Å²) >= 11 is 0. The highest BCUT2D eigenvalue weighted by molar-refractivity contribution is 5.74. The Morgan fingerprint density at radius 3 is 2.36 bits per heavy atom. The highest BCUT2D eigenvalue weighted by Gasteiger charge is 2.37. The largest absolute Gasteiger partial charge is 0.481 e. The molecule has 1 fully saturated rings. The lowest BCUT2D eigenvalue weighted by Crippen LogP contribution is -2.53. The zero-order chi connectivity index (χ0) is 10.9. The van der Waals surface area contributed by atoms with Gasteiger partial charge in [0.2, 0.25) is 0 Å². The third kappa shape index (κ3) is 2.16. The lowest BCUT2D eigenvalue weighted by molar-refractivity contribution is -0.148. The first-order chi connectivity index (χ1) is 6.33. The van der Waals surface area contributed by atoms with Crippen molar-refractivity contribution in [2.24, 2.45) is 17.1 Å². The third-order valence-corrected chi connectivity index (χ3v) is 2.65. The van der Waals surface area contributed by atoms with E-state index in [0.29, 0.717) is 19.5 Å². The van der Waals surface area contributed by atoms with Crippen LogP contribution in [0.15, 0.2) is 0 Å². The maximum Gasteiger partial charge on any atom is 0.314 e. The van der Waals surface area contributed by atoms with Gasteiger partial charge in [-0.15, -0.1) is 0 Å². The monoisotopic (exact) mass is 200 g/mol. The second kappa shape index (κ2) is 3.48. The zero-order valence-electron chi connectivity index (χ0n) is 8.49. The molecule has 0 aromatic rings. The molecule has 80 valence electrons. The summed E-state index contributed by atoms with van der Waals surface area (Å²) in [6, 6.07) is -0.422. The number of rotatable bonds is 3. The Morgan fingerprint density at radius 1 is 1.50 bits per heavy atom. The van der Waals surface area contributed by atoms with E-state index >= 15 is 0 Å². The molecule has 0 aromatic carbocycles. The van der Waals surface area contributed by atoms with Crippen molar-refractivity contribution in [3.63, 3.8) is 0 Å². The number of carboxylic acid groups (broad SMARTS) is 1. The van der Waals surface area contributed by atoms with Crippen molar-refractivity contribution >= 4 is 12.0 Å². The van der Waals surface area contributed by atoms with Crippen molar-refractivity contribution < 1.29 is 14.7 Å². The number of nitrogens with two attached hydrogens (primary N) is 1. The number of hydrogen-bond acceptors (Lipinski definition) is 2. The van der Waals surface area contributed by atoms with Crippen molar-refractivity contribution in [1.82, 2.24) is 4.90 Å². The third-order valence-electron chi connectivity index (χ3n) is 2.65. The average molecular weight is 200 g/mol. The summed E-state index contributed by atoms with van der Waals surface area (Å²) in [7, 11) is 0. The van der Waals surface area contributed by atoms with E-state index in [4.69, 9.17) is 10.8 Å². The molecule has 3 N–H and O–H groups in total. The average Bonchev–Trinajstić information content (AvgIpc) is 1.94. The molecule has 1 aliphatic heterocycles. The van der Waals surface area contributed by atoms with Gasteiger partial charge in [-0.2, -0.15) is 0 Å². The first-order valence-electron chi connectivity index (χ1n) is 4.60. The van der Waals surface area contributed by atoms with Gasteiger partial charge in [-0.05, 0) is 26.2 Å². The molecular weight excluding hydrogens is 184 g/mol. The van der Waals surface area contributed by atoms with Gasteiger partial charge < -0.3 is 15.7 Å². The fourth-order valence-corrected chi connectivity index (χ4v) is 1.69. The standard InChI is InChI=1S/C9H16N2O3/c1-9(2,7(12)13)3-6-4-11(5-6)8(10)14/h6H,3-5H2,1-2H3,(H2,10,14)(H,12,13). The Labute approximate surface area is 82.9 Å². The molecule has 1 aliphatic rings. The number of carboxylic acids is 1. The Balaban J connectivity index is 2.36. The number of aliphatic carboxylic acids is 1. The predicted octanol–water partition coefficient (Wildman–Crippen LogP) is 0.498. The molecule has 0 unspecified atom stereocenters. The fraction of sp³-hybridized carbons (Fsp3) is 0.778. The predicted molar refractivity (Wildman–Crippen MR) is 50.7 cm³/mol. The molecule has 0 saturated carbocycles. The van der Waals surface area contributed by atoms with Gasteiger partial charge in [-0.3, -0.25) is 4.79 Å². The summed E-state index contributed by atoms with van der Waals surface area (Å²) in [5.41, 5.74) is 4.34. The van der Waals surface area contributed by atoms with E-state index in [1.807, 2.05) is 0 Å². The molecule has 0 radical (unpaired) electrons. The van der Waals surface area contributed by atoms with Gasteiger partial charge in [-0.25, -0.2) is 4.79 Å². The van der Waals surface area contributed by atoms with Crippen LogP contribution in [0.25, 0.3) is 0 Å². The van der Waals surface area contributed by atoms with Crippen LogP contribution in [-0.4, -0.2) is 35.1 Å². The molecule has 0 atom stereocenters. The molecular formula is C9H16N2O3. The van der Waals surface area contributed by atoms with E-state index < -0.39 is 17.4 Å². The first-order valence-corrected chi connectivity index (χ1v) is 4.60. The van der Waals surface area contributed by atoms with Crippen LogP contribution in [0.4, 0.5) is 4.79 Å². The highest BCUT2D eigenvalue weighted by atomic mass is 16.4. The van der Waals surface area contributed by atoms with Gasteiger partial charge >= 0.3 is 12.0 Å². The van der Waals surface area contributed by atoms with Crippen LogP contribution in [0.1, 0.15) is 20.3 Å². The molecule has 5 heteroatoms. The summed E-state index contributed by atoms with van der Waals surface area (Å²) in [6.07, 6.45) is 0.589. The number of amides is 2. The van der Waals surface area contributed by atoms with Crippen LogP contribution >= 0.6 is 0 Å². The van der Waals surface area contributed by atoms with Gasteiger partial charge in [0.05, 0.1) is 5.41 Å². The van der Waals surface area contributed by atoms with Crippen molar-refractivity contribution in [2.75, 3.05) is 13.1 Å². The van der Waals surface area contributed by atoms with Gasteiger partial charge in [0, 0.05) is 13.1 Å². The first kappa shape index (κ1) is 10.8. The summed E-state index contributed by atoms with van der Waals surface area (Å²) < 4.78 is 0. The van der Waals surface area contributed by atoms with Crippen LogP contribution in [0.3, 0.4) is 0 Å². The Hall–Kier alpha value is -1.26. The summed E-state index contributed by atoms with van der Waals surface area (Å²) in [5, 5.41) is 8.88.